The highest BCUT2D eigenvalue weighted by atomic mass is 35.5. The van der Waals surface area contributed by atoms with Gasteiger partial charge in [0.25, 0.3) is 17.8 Å². The summed E-state index contributed by atoms with van der Waals surface area (Å²) in [6.45, 7) is -3.56. The molecule has 0 aliphatic rings. The van der Waals surface area contributed by atoms with Gasteiger partial charge in [-0.15, -0.1) is 0 Å². The number of aliphatic hydroxyl groups excluding tert-OH is 1. The number of carbonyl (C=O) groups is 4. The minimum absolute atomic E-state index is 0. The van der Waals surface area contributed by atoms with Gasteiger partial charge in [-0.25, -0.2) is 39.9 Å². The molecule has 0 aliphatic carbocycles. The summed E-state index contributed by atoms with van der Waals surface area (Å²) >= 11 is 11.7. The van der Waals surface area contributed by atoms with E-state index in [0.717, 1.165) is 15.9 Å². The topological polar surface area (TPSA) is 315 Å². The van der Waals surface area contributed by atoms with Crippen LogP contribution in [0.4, 0.5) is 45.8 Å². The molecule has 0 unspecified atom stereocenters. The minimum atomic E-state index is -3.53. The summed E-state index contributed by atoms with van der Waals surface area (Å²) in [5.41, 5.74) is 26.7. The molecule has 2 heterocycles. The number of aliphatic hydroxyl groups is 1. The molecule has 450 valence electrons. The fraction of sp³-hybridized carbons (Fsp3) is 0.320. The number of carbonyl (C=O) groups excluding carboxylic acids is 4. The quantitative estimate of drug-likeness (QED) is 0.0264. The molecule has 0 fully saturated rings. The van der Waals surface area contributed by atoms with Gasteiger partial charge in [-0.2, -0.15) is 27.0 Å². The summed E-state index contributed by atoms with van der Waals surface area (Å²) in [4.78, 5) is 57.4. The molecule has 4 amide bonds. The van der Waals surface area contributed by atoms with E-state index in [0.29, 0.717) is 27.9 Å². The molecule has 2 aromatic heterocycles. The first-order valence-electron chi connectivity index (χ1n) is 23.6. The van der Waals surface area contributed by atoms with Crippen molar-refractivity contribution in [3.63, 3.8) is 0 Å². The van der Waals surface area contributed by atoms with Crippen LogP contribution >= 0.6 is 50.2 Å². The van der Waals surface area contributed by atoms with Gasteiger partial charge in [0.2, 0.25) is 23.5 Å². The summed E-state index contributed by atoms with van der Waals surface area (Å²) in [5.74, 6) is -11.4. The maximum Gasteiger partial charge on any atom is 0.414 e. The van der Waals surface area contributed by atoms with Crippen molar-refractivity contribution in [3.05, 3.63) is 179 Å². The van der Waals surface area contributed by atoms with E-state index in [2.05, 4.69) is 50.2 Å². The molecule has 84 heavy (non-hydrogen) atoms. The van der Waals surface area contributed by atoms with Gasteiger partial charge in [0.1, 0.15) is 41.3 Å². The van der Waals surface area contributed by atoms with Crippen molar-refractivity contribution >= 4 is 79.9 Å². The third-order valence-corrected chi connectivity index (χ3v) is 12.3. The predicted molar refractivity (Wildman–Crippen MR) is 300 cm³/mol. The van der Waals surface area contributed by atoms with Crippen LogP contribution in [0.15, 0.2) is 121 Å². The molecule has 0 saturated heterocycles. The molecule has 0 aliphatic heterocycles. The van der Waals surface area contributed by atoms with Crippen LogP contribution in [0.2, 0.25) is 10.0 Å². The van der Waals surface area contributed by atoms with E-state index >= 15 is 0 Å². The first-order valence-corrected chi connectivity index (χ1v) is 24.4. The van der Waals surface area contributed by atoms with Gasteiger partial charge in [0.05, 0.1) is 41.8 Å². The molecule has 0 radical (unpaired) electrons. The maximum absolute atomic E-state index is 14.4. The van der Waals surface area contributed by atoms with Crippen LogP contribution in [-0.4, -0.2) is 113 Å². The Hall–Kier alpha value is -8.21. The average Bonchev–Trinajstić information content (AvgIpc) is 4.36. The Kier molecular flexibility index (Phi) is 30.0. The number of nitrogens with one attached hydrogen (secondary N) is 1. The van der Waals surface area contributed by atoms with E-state index in [1.165, 1.54) is 86.9 Å². The number of benzene rings is 4. The lowest BCUT2D eigenvalue weighted by atomic mass is 10.1. The number of ether oxygens (including phenoxy) is 1. The normalized spacial score (nSPS) is 11.3. The highest BCUT2D eigenvalue weighted by molar-refractivity contribution is 7.59. The standard InChI is InChI=1S/C25H23ClF4N6O4.C15H18ClF3N4O2.C10H5FN4O2.2H2S/c1-36(22(37)9-8-15-4-3-7-19(28)23(15)26)18(12-25(29,30)14-32-35-31)13-39-24(38)33-21-11-20(34-40-21)16-5-2-6-17(27)10-16;1-23(11(8-24)7-15(18,19)9-21-22-20)13(25)6-5-10-3-2-4-12(17)14(10)16;11-7-3-1-2-6(4-7)8-5-9(17-14-8)10(16)13-15-12;;/h2-7,10-11,18H,8-9,12-14H2,1H3,(H,33,38);2-4,11,24H,5-9H2,1H3;1-5H;2*1H2/t18-;11-;;;/m00.../s1. The summed E-state index contributed by atoms with van der Waals surface area (Å²) in [6.07, 6.45) is -3.06. The summed E-state index contributed by atoms with van der Waals surface area (Å²) in [7, 11) is 2.53. The molecule has 34 heteroatoms. The number of hydrogen-bond acceptors (Lipinski definition) is 12. The molecular formula is C50H50Cl2F8N14O8S2. The highest BCUT2D eigenvalue weighted by Crippen LogP contribution is 2.29. The number of likely N-dealkylation sites (N-methyl/N-ethyl adjacent to an activating group) is 2. The second-order valence-electron chi connectivity index (χ2n) is 17.2. The lowest BCUT2D eigenvalue weighted by molar-refractivity contribution is -0.135. The lowest BCUT2D eigenvalue weighted by Gasteiger charge is -2.30. The zero-order valence-corrected chi connectivity index (χ0v) is 47.4. The Morgan fingerprint density at radius 1 is 0.679 bits per heavy atom. The van der Waals surface area contributed by atoms with E-state index in [1.807, 2.05) is 0 Å². The van der Waals surface area contributed by atoms with Crippen LogP contribution in [0.1, 0.15) is 47.4 Å². The van der Waals surface area contributed by atoms with Crippen molar-refractivity contribution in [2.45, 2.75) is 62.5 Å². The number of alkyl halides is 4. The number of aromatic nitrogens is 2. The van der Waals surface area contributed by atoms with E-state index < -0.39 is 110 Å². The number of amides is 4. The zero-order chi connectivity index (χ0) is 60.6. The fourth-order valence-electron chi connectivity index (χ4n) is 7.12. The van der Waals surface area contributed by atoms with Crippen LogP contribution in [0.5, 0.6) is 0 Å². The van der Waals surface area contributed by atoms with Crippen molar-refractivity contribution in [2.75, 3.05) is 45.7 Å². The molecule has 6 aromatic rings. The number of hydrogen-bond donors (Lipinski definition) is 2. The van der Waals surface area contributed by atoms with Gasteiger partial charge in [-0.1, -0.05) is 92.3 Å². The maximum atomic E-state index is 14.4. The smallest absolute Gasteiger partial charge is 0.414 e. The second kappa shape index (κ2) is 35.0. The van der Waals surface area contributed by atoms with Crippen molar-refractivity contribution < 1.29 is 73.2 Å². The SMILES string of the molecule is CN(C(=O)CCc1cccc(F)c1Cl)[C@H](CO)CC(F)(F)CN=[N+]=[N-].CN(C(=O)CCc1cccc(F)c1Cl)[C@H](COC(=O)Nc1cc(-c2cccc(F)c2)no1)CC(F)(F)CN=[N+]=[N-].S.S.[N-]=[N+]=NC(=O)c1cc(-c2cccc(F)c2)no1. The number of rotatable bonds is 23. The Morgan fingerprint density at radius 3 is 1.60 bits per heavy atom. The fourth-order valence-corrected chi connectivity index (χ4v) is 7.56. The van der Waals surface area contributed by atoms with Gasteiger partial charge in [-0.05, 0) is 82.1 Å². The Balaban J connectivity index is 0.000000467. The van der Waals surface area contributed by atoms with Crippen LogP contribution in [-0.2, 0) is 27.2 Å². The Bertz CT molecular complexity index is 3340. The number of azide groups is 3. The number of nitrogens with zero attached hydrogens (tertiary/aromatic N) is 13. The first kappa shape index (κ1) is 71.9. The summed E-state index contributed by atoms with van der Waals surface area (Å²) in [6, 6.07) is 19.6. The molecular weight excluding hydrogens is 1210 g/mol. The summed E-state index contributed by atoms with van der Waals surface area (Å²) in [5, 5.41) is 27.2. The van der Waals surface area contributed by atoms with E-state index in [4.69, 9.17) is 49.1 Å². The number of anilines is 1. The molecule has 2 N–H and O–H groups in total. The van der Waals surface area contributed by atoms with E-state index in [1.54, 1.807) is 18.2 Å². The molecule has 0 saturated carbocycles. The van der Waals surface area contributed by atoms with Crippen molar-refractivity contribution in [3.8, 4) is 22.5 Å². The highest BCUT2D eigenvalue weighted by Gasteiger charge is 2.37. The van der Waals surface area contributed by atoms with Gasteiger partial charge in [0.15, 0.2) is 0 Å². The lowest BCUT2D eigenvalue weighted by Crippen LogP contribution is -2.45. The zero-order valence-electron chi connectivity index (χ0n) is 43.9. The van der Waals surface area contributed by atoms with Crippen LogP contribution in [0, 0.1) is 23.3 Å². The van der Waals surface area contributed by atoms with Crippen LogP contribution in [0.3, 0.4) is 0 Å². The number of halogens is 10. The van der Waals surface area contributed by atoms with Crippen molar-refractivity contribution in [1.29, 1.82) is 0 Å². The van der Waals surface area contributed by atoms with E-state index in [-0.39, 0.29) is 80.1 Å². The largest absolute Gasteiger partial charge is 0.447 e. The van der Waals surface area contributed by atoms with Gasteiger partial charge in [-0.3, -0.25) is 19.7 Å². The molecule has 22 nitrogen and oxygen atoms in total. The minimum Gasteiger partial charge on any atom is -0.447 e. The number of aryl methyl sites for hydroxylation is 2. The van der Waals surface area contributed by atoms with E-state index in [9.17, 15) is 59.4 Å². The third kappa shape index (κ3) is 23.2. The average molecular weight is 1260 g/mol. The molecule has 4 aromatic carbocycles. The monoisotopic (exact) mass is 1260 g/mol. The molecule has 0 bridgehead atoms. The van der Waals surface area contributed by atoms with Crippen molar-refractivity contribution in [1.82, 2.24) is 20.1 Å². The Labute approximate surface area is 495 Å². The molecule has 0 spiro atoms. The molecule has 6 rings (SSSR count). The predicted octanol–water partition coefficient (Wildman–Crippen LogP) is 13.3. The van der Waals surface area contributed by atoms with Crippen LogP contribution in [0.25, 0.3) is 53.8 Å². The Morgan fingerprint density at radius 2 is 1.13 bits per heavy atom. The first-order chi connectivity index (χ1) is 38.9. The van der Waals surface area contributed by atoms with Gasteiger partial charge in [0, 0.05) is 77.8 Å². The van der Waals surface area contributed by atoms with Crippen LogP contribution < -0.4 is 5.32 Å². The summed E-state index contributed by atoms with van der Waals surface area (Å²) < 4.78 is 124. The molecule has 2 atom stereocenters. The van der Waals surface area contributed by atoms with Crippen molar-refractivity contribution in [2.24, 2.45) is 15.3 Å². The van der Waals surface area contributed by atoms with Gasteiger partial charge < -0.3 is 28.7 Å². The second-order valence-corrected chi connectivity index (χ2v) is 18.0. The van der Waals surface area contributed by atoms with Gasteiger partial charge >= 0.3 is 6.09 Å². The third-order valence-electron chi connectivity index (χ3n) is 11.4.